The van der Waals surface area contributed by atoms with Crippen molar-refractivity contribution in [3.63, 3.8) is 0 Å². The normalized spacial score (nSPS) is 15.2. The van der Waals surface area contributed by atoms with Crippen LogP contribution in [0.3, 0.4) is 0 Å². The maximum absolute atomic E-state index is 12.7. The van der Waals surface area contributed by atoms with Crippen LogP contribution < -0.4 is 11.1 Å². The van der Waals surface area contributed by atoms with Crippen molar-refractivity contribution in [3.8, 4) is 0 Å². The molecular weight excluding hydrogens is 330 g/mol. The number of rotatable bonds is 7. The summed E-state index contributed by atoms with van der Waals surface area (Å²) < 4.78 is 0. The van der Waals surface area contributed by atoms with E-state index in [1.807, 2.05) is 24.3 Å². The Kier molecular flexibility index (Phi) is 7.33. The van der Waals surface area contributed by atoms with E-state index in [0.717, 1.165) is 12.0 Å². The Morgan fingerprint density at radius 3 is 2.31 bits per heavy atom. The van der Waals surface area contributed by atoms with Crippen LogP contribution >= 0.6 is 0 Å². The maximum atomic E-state index is 12.7. The summed E-state index contributed by atoms with van der Waals surface area (Å²) in [5.41, 5.74) is 7.20. The summed E-state index contributed by atoms with van der Waals surface area (Å²) >= 11 is 0. The molecule has 2 rings (SSSR count). The highest BCUT2D eigenvalue weighted by atomic mass is 16.2. The van der Waals surface area contributed by atoms with Crippen molar-refractivity contribution in [1.82, 2.24) is 10.2 Å². The highest BCUT2D eigenvalue weighted by Crippen LogP contribution is 2.22. The monoisotopic (exact) mass is 359 g/mol. The molecule has 142 valence electrons. The molecule has 3 N–H and O–H groups in total. The third-order valence-electron chi connectivity index (χ3n) is 4.72. The minimum Gasteiger partial charge on any atom is -0.346 e. The van der Waals surface area contributed by atoms with Crippen LogP contribution in [0.2, 0.25) is 0 Å². The average molecular weight is 359 g/mol. The molecule has 0 saturated carbocycles. The van der Waals surface area contributed by atoms with Gasteiger partial charge in [0, 0.05) is 24.6 Å². The number of carbonyl (C=O) groups is 3. The lowest BCUT2D eigenvalue weighted by atomic mass is 9.88. The van der Waals surface area contributed by atoms with Crippen molar-refractivity contribution >= 4 is 17.6 Å². The van der Waals surface area contributed by atoms with E-state index in [4.69, 9.17) is 5.73 Å². The summed E-state index contributed by atoms with van der Waals surface area (Å²) in [6.07, 6.45) is 2.32. The molecule has 0 aliphatic carbocycles. The fourth-order valence-electron chi connectivity index (χ4n) is 3.26. The van der Waals surface area contributed by atoms with Crippen LogP contribution in [0, 0.1) is 11.8 Å². The van der Waals surface area contributed by atoms with E-state index < -0.39 is 0 Å². The summed E-state index contributed by atoms with van der Waals surface area (Å²) in [5, 5.41) is 2.49. The van der Waals surface area contributed by atoms with Gasteiger partial charge in [-0.05, 0) is 30.7 Å². The first-order chi connectivity index (χ1) is 12.4. The molecule has 6 nitrogen and oxygen atoms in total. The topological polar surface area (TPSA) is 92.5 Å². The van der Waals surface area contributed by atoms with Crippen molar-refractivity contribution < 1.29 is 14.4 Å². The summed E-state index contributed by atoms with van der Waals surface area (Å²) in [5.74, 6) is 0.228. The number of carbonyl (C=O) groups excluding carboxylic acids is 3. The van der Waals surface area contributed by atoms with Crippen LogP contribution in [-0.4, -0.2) is 48.7 Å². The standard InChI is InChI=1S/C20H29N3O3/c1-14(2)11-15-3-5-16(6-4-15)20(26)17-7-9-23(10-8-17)19(25)13-22-18(24)12-21/h3-6,14,17H,7-13,21H2,1-2H3,(H,22,24). The molecule has 1 fully saturated rings. The minimum atomic E-state index is -0.343. The van der Waals surface area contributed by atoms with Crippen molar-refractivity contribution in [3.05, 3.63) is 35.4 Å². The summed E-state index contributed by atoms with van der Waals surface area (Å²) in [6, 6.07) is 7.90. The third kappa shape index (κ3) is 5.66. The van der Waals surface area contributed by atoms with E-state index in [0.29, 0.717) is 31.8 Å². The number of nitrogens with two attached hydrogens (primary N) is 1. The molecule has 0 bridgehead atoms. The number of likely N-dealkylation sites (tertiary alicyclic amines) is 1. The van der Waals surface area contributed by atoms with Gasteiger partial charge in [0.05, 0.1) is 13.1 Å². The molecular formula is C20H29N3O3. The zero-order chi connectivity index (χ0) is 19.1. The fraction of sp³-hybridized carbons (Fsp3) is 0.550. The molecule has 2 amide bonds. The van der Waals surface area contributed by atoms with Gasteiger partial charge in [-0.2, -0.15) is 0 Å². The Morgan fingerprint density at radius 2 is 1.77 bits per heavy atom. The highest BCUT2D eigenvalue weighted by molar-refractivity contribution is 5.98. The second-order valence-electron chi connectivity index (χ2n) is 7.30. The smallest absolute Gasteiger partial charge is 0.241 e. The number of amides is 2. The van der Waals surface area contributed by atoms with Gasteiger partial charge in [-0.15, -0.1) is 0 Å². The van der Waals surface area contributed by atoms with Crippen LogP contribution in [0.5, 0.6) is 0 Å². The molecule has 6 heteroatoms. The lowest BCUT2D eigenvalue weighted by Crippen LogP contribution is -2.45. The van der Waals surface area contributed by atoms with Crippen molar-refractivity contribution in [2.45, 2.75) is 33.1 Å². The molecule has 0 unspecified atom stereocenters. The van der Waals surface area contributed by atoms with Crippen molar-refractivity contribution in [2.75, 3.05) is 26.2 Å². The van der Waals surface area contributed by atoms with E-state index in [9.17, 15) is 14.4 Å². The molecule has 0 spiro atoms. The van der Waals surface area contributed by atoms with Crippen LogP contribution in [-0.2, 0) is 16.0 Å². The molecule has 0 radical (unpaired) electrons. The first-order valence-electron chi connectivity index (χ1n) is 9.28. The van der Waals surface area contributed by atoms with Gasteiger partial charge in [0.2, 0.25) is 11.8 Å². The predicted octanol–water partition coefficient (Wildman–Crippen LogP) is 1.38. The number of hydrogen-bond acceptors (Lipinski definition) is 4. The van der Waals surface area contributed by atoms with Gasteiger partial charge in [-0.1, -0.05) is 38.1 Å². The molecule has 1 aromatic rings. The van der Waals surface area contributed by atoms with Gasteiger partial charge in [0.15, 0.2) is 5.78 Å². The Hall–Kier alpha value is -2.21. The second-order valence-corrected chi connectivity index (χ2v) is 7.30. The van der Waals surface area contributed by atoms with Crippen LogP contribution in [0.1, 0.15) is 42.6 Å². The first-order valence-corrected chi connectivity index (χ1v) is 9.28. The molecule has 26 heavy (non-hydrogen) atoms. The maximum Gasteiger partial charge on any atom is 0.241 e. The Bertz CT molecular complexity index is 632. The quantitative estimate of drug-likeness (QED) is 0.720. The molecule has 1 saturated heterocycles. The van der Waals surface area contributed by atoms with Gasteiger partial charge in [0.1, 0.15) is 0 Å². The van der Waals surface area contributed by atoms with E-state index in [1.165, 1.54) is 5.56 Å². The zero-order valence-corrected chi connectivity index (χ0v) is 15.7. The van der Waals surface area contributed by atoms with E-state index in [2.05, 4.69) is 19.2 Å². The number of nitrogens with one attached hydrogen (secondary N) is 1. The van der Waals surface area contributed by atoms with Gasteiger partial charge >= 0.3 is 0 Å². The molecule has 1 aliphatic heterocycles. The molecule has 0 atom stereocenters. The summed E-state index contributed by atoms with van der Waals surface area (Å²) in [6.45, 7) is 5.27. The average Bonchev–Trinajstić information content (AvgIpc) is 2.65. The molecule has 1 aliphatic rings. The lowest BCUT2D eigenvalue weighted by Gasteiger charge is -2.31. The fourth-order valence-corrected chi connectivity index (χ4v) is 3.26. The van der Waals surface area contributed by atoms with Gasteiger partial charge in [-0.3, -0.25) is 14.4 Å². The number of piperidine rings is 1. The number of hydrogen-bond donors (Lipinski definition) is 2. The summed E-state index contributed by atoms with van der Waals surface area (Å²) in [7, 11) is 0. The number of nitrogens with zero attached hydrogens (tertiary/aromatic N) is 1. The van der Waals surface area contributed by atoms with E-state index >= 15 is 0 Å². The van der Waals surface area contributed by atoms with Gasteiger partial charge in [0.25, 0.3) is 0 Å². The first kappa shape index (κ1) is 20.1. The Balaban J connectivity index is 1.84. The van der Waals surface area contributed by atoms with E-state index in [-0.39, 0.29) is 36.6 Å². The number of benzene rings is 1. The Morgan fingerprint density at radius 1 is 1.15 bits per heavy atom. The SMILES string of the molecule is CC(C)Cc1ccc(C(=O)C2CCN(C(=O)CNC(=O)CN)CC2)cc1. The highest BCUT2D eigenvalue weighted by Gasteiger charge is 2.27. The van der Waals surface area contributed by atoms with Gasteiger partial charge in [-0.25, -0.2) is 0 Å². The Labute approximate surface area is 155 Å². The number of ketones is 1. The zero-order valence-electron chi connectivity index (χ0n) is 15.7. The van der Waals surface area contributed by atoms with Crippen molar-refractivity contribution in [1.29, 1.82) is 0 Å². The molecule has 0 aromatic heterocycles. The van der Waals surface area contributed by atoms with Crippen LogP contribution in [0.25, 0.3) is 0 Å². The van der Waals surface area contributed by atoms with Gasteiger partial charge < -0.3 is 16.0 Å². The molecule has 1 heterocycles. The van der Waals surface area contributed by atoms with Crippen molar-refractivity contribution in [2.24, 2.45) is 17.6 Å². The minimum absolute atomic E-state index is 0.0358. The largest absolute Gasteiger partial charge is 0.346 e. The third-order valence-corrected chi connectivity index (χ3v) is 4.72. The second kappa shape index (κ2) is 9.48. The predicted molar refractivity (Wildman–Crippen MR) is 101 cm³/mol. The molecule has 1 aromatic carbocycles. The van der Waals surface area contributed by atoms with Crippen LogP contribution in [0.15, 0.2) is 24.3 Å². The van der Waals surface area contributed by atoms with Crippen LogP contribution in [0.4, 0.5) is 0 Å². The summed E-state index contributed by atoms with van der Waals surface area (Å²) in [4.78, 5) is 37.6. The lowest BCUT2D eigenvalue weighted by molar-refractivity contribution is -0.133. The number of Topliss-reactive ketones (excluding diaryl/α,β-unsaturated/α-hetero) is 1. The van der Waals surface area contributed by atoms with E-state index in [1.54, 1.807) is 4.90 Å².